The second kappa shape index (κ2) is 2.57. The summed E-state index contributed by atoms with van der Waals surface area (Å²) in [6.07, 6.45) is 3.17. The van der Waals surface area contributed by atoms with E-state index in [0.717, 1.165) is 11.0 Å². The number of carboxylic acids is 1. The Morgan fingerprint density at radius 2 is 2.27 bits per heavy atom. The van der Waals surface area contributed by atoms with Crippen LogP contribution in [0, 0.1) is 0 Å². The zero-order valence-electron chi connectivity index (χ0n) is 7.48. The molecule has 6 heteroatoms. The van der Waals surface area contributed by atoms with E-state index < -0.39 is 5.97 Å². The van der Waals surface area contributed by atoms with Gasteiger partial charge < -0.3 is 15.1 Å². The smallest absolute Gasteiger partial charge is 0.352 e. The summed E-state index contributed by atoms with van der Waals surface area (Å²) in [5, 5.41) is 9.54. The molecule has 0 aromatic carbocycles. The topological polar surface area (TPSA) is 94.7 Å². The number of nitrogens with one attached hydrogen (secondary N) is 2. The van der Waals surface area contributed by atoms with Gasteiger partial charge >= 0.3 is 5.97 Å². The van der Waals surface area contributed by atoms with Gasteiger partial charge in [-0.05, 0) is 6.07 Å². The van der Waals surface area contributed by atoms with Crippen LogP contribution in [-0.2, 0) is 0 Å². The third-order valence-electron chi connectivity index (χ3n) is 2.27. The largest absolute Gasteiger partial charge is 0.477 e. The van der Waals surface area contributed by atoms with Gasteiger partial charge in [0.25, 0.3) is 0 Å². The molecular formula is C9H6N4O2. The van der Waals surface area contributed by atoms with E-state index in [-0.39, 0.29) is 5.69 Å². The third-order valence-corrected chi connectivity index (χ3v) is 2.27. The molecule has 0 spiro atoms. The lowest BCUT2D eigenvalue weighted by molar-refractivity contribution is 0.0691. The predicted molar refractivity (Wildman–Crippen MR) is 52.7 cm³/mol. The zero-order chi connectivity index (χ0) is 10.4. The van der Waals surface area contributed by atoms with Crippen molar-refractivity contribution >= 4 is 28.0 Å². The molecule has 0 aliphatic rings. The highest BCUT2D eigenvalue weighted by Crippen LogP contribution is 2.21. The number of nitrogens with zero attached hydrogens (tertiary/aromatic N) is 2. The highest BCUT2D eigenvalue weighted by atomic mass is 16.4. The standard InChI is InChI=1S/C9H6N4O2/c14-9(15)5-1-4-7-6(11-3-12-7)2-10-8(4)13-5/h1-3H,(H,10,13)(H,11,12)(H,14,15). The number of aromatic carboxylic acids is 1. The molecule has 0 radical (unpaired) electrons. The third kappa shape index (κ3) is 1.01. The number of aromatic nitrogens is 4. The molecule has 0 amide bonds. The van der Waals surface area contributed by atoms with Crippen molar-refractivity contribution < 1.29 is 9.90 Å². The zero-order valence-corrected chi connectivity index (χ0v) is 7.48. The predicted octanol–water partition coefficient (Wildman–Crippen LogP) is 1.14. The van der Waals surface area contributed by atoms with Crippen LogP contribution in [0.15, 0.2) is 18.6 Å². The van der Waals surface area contributed by atoms with Crippen LogP contribution < -0.4 is 0 Å². The molecular weight excluding hydrogens is 196 g/mol. The lowest BCUT2D eigenvalue weighted by Gasteiger charge is -1.88. The van der Waals surface area contributed by atoms with Crippen molar-refractivity contribution in [2.45, 2.75) is 0 Å². The summed E-state index contributed by atoms with van der Waals surface area (Å²) in [7, 11) is 0. The number of carboxylic acid groups (broad SMARTS) is 1. The molecule has 0 bridgehead atoms. The molecule has 0 atom stereocenters. The van der Waals surface area contributed by atoms with Gasteiger partial charge in [-0.3, -0.25) is 0 Å². The average Bonchev–Trinajstić information content (AvgIpc) is 2.82. The van der Waals surface area contributed by atoms with Crippen molar-refractivity contribution in [3.05, 3.63) is 24.3 Å². The maximum atomic E-state index is 10.8. The summed E-state index contributed by atoms with van der Waals surface area (Å²) in [5.74, 6) is -1.00. The second-order valence-electron chi connectivity index (χ2n) is 3.17. The van der Waals surface area contributed by atoms with Crippen molar-refractivity contribution in [2.75, 3.05) is 0 Å². The molecule has 15 heavy (non-hydrogen) atoms. The van der Waals surface area contributed by atoms with Crippen LogP contribution in [0.5, 0.6) is 0 Å². The molecule has 74 valence electrons. The molecule has 0 saturated carbocycles. The summed E-state index contributed by atoms with van der Waals surface area (Å²) in [6.45, 7) is 0. The van der Waals surface area contributed by atoms with Crippen molar-refractivity contribution in [3.8, 4) is 0 Å². The monoisotopic (exact) mass is 202 g/mol. The Bertz CT molecular complexity index is 667. The SMILES string of the molecule is O=C(O)c1cc2c(ncc3[nH]cnc32)[nH]1. The minimum atomic E-state index is -1.00. The Balaban J connectivity index is 2.46. The lowest BCUT2D eigenvalue weighted by Crippen LogP contribution is -1.94. The minimum Gasteiger partial charge on any atom is -0.477 e. The first-order chi connectivity index (χ1) is 7.25. The minimum absolute atomic E-state index is 0.119. The van der Waals surface area contributed by atoms with E-state index in [4.69, 9.17) is 5.11 Å². The van der Waals surface area contributed by atoms with Crippen LogP contribution in [0.2, 0.25) is 0 Å². The summed E-state index contributed by atoms with van der Waals surface area (Å²) >= 11 is 0. The van der Waals surface area contributed by atoms with E-state index in [1.807, 2.05) is 0 Å². The van der Waals surface area contributed by atoms with Gasteiger partial charge in [0.15, 0.2) is 0 Å². The number of fused-ring (bicyclic) bond motifs is 3. The van der Waals surface area contributed by atoms with Gasteiger partial charge in [-0.1, -0.05) is 0 Å². The van der Waals surface area contributed by atoms with Gasteiger partial charge in [-0.2, -0.15) is 0 Å². The highest BCUT2D eigenvalue weighted by molar-refractivity contribution is 6.04. The number of aromatic amines is 2. The average molecular weight is 202 g/mol. The maximum Gasteiger partial charge on any atom is 0.352 e. The fourth-order valence-corrected chi connectivity index (χ4v) is 1.59. The normalized spacial score (nSPS) is 11.2. The van der Waals surface area contributed by atoms with Gasteiger partial charge in [0.1, 0.15) is 16.9 Å². The summed E-state index contributed by atoms with van der Waals surface area (Å²) in [5.41, 5.74) is 2.17. The van der Waals surface area contributed by atoms with E-state index in [2.05, 4.69) is 19.9 Å². The molecule has 0 fully saturated rings. The van der Waals surface area contributed by atoms with Gasteiger partial charge in [0.05, 0.1) is 18.0 Å². The molecule has 6 nitrogen and oxygen atoms in total. The maximum absolute atomic E-state index is 10.8. The molecule has 3 aromatic heterocycles. The Kier molecular flexibility index (Phi) is 1.37. The Morgan fingerprint density at radius 1 is 1.40 bits per heavy atom. The fraction of sp³-hybridized carbons (Fsp3) is 0. The molecule has 3 heterocycles. The van der Waals surface area contributed by atoms with E-state index in [9.17, 15) is 4.79 Å². The summed E-state index contributed by atoms with van der Waals surface area (Å²) in [4.78, 5) is 24.6. The molecule has 0 aliphatic heterocycles. The fourth-order valence-electron chi connectivity index (χ4n) is 1.59. The van der Waals surface area contributed by atoms with Crippen molar-refractivity contribution in [3.63, 3.8) is 0 Å². The molecule has 0 saturated heterocycles. The quantitative estimate of drug-likeness (QED) is 0.551. The van der Waals surface area contributed by atoms with Crippen LogP contribution in [0.25, 0.3) is 22.1 Å². The van der Waals surface area contributed by atoms with Crippen LogP contribution in [0.3, 0.4) is 0 Å². The van der Waals surface area contributed by atoms with Crippen molar-refractivity contribution in [1.29, 1.82) is 0 Å². The summed E-state index contributed by atoms with van der Waals surface area (Å²) in [6, 6.07) is 1.54. The van der Waals surface area contributed by atoms with E-state index in [1.54, 1.807) is 12.5 Å². The molecule has 3 aromatic rings. The lowest BCUT2D eigenvalue weighted by atomic mass is 10.3. The van der Waals surface area contributed by atoms with Gasteiger partial charge in [0.2, 0.25) is 0 Å². The number of H-pyrrole nitrogens is 2. The van der Waals surface area contributed by atoms with Crippen LogP contribution >= 0.6 is 0 Å². The highest BCUT2D eigenvalue weighted by Gasteiger charge is 2.11. The number of hydrogen-bond acceptors (Lipinski definition) is 3. The van der Waals surface area contributed by atoms with Gasteiger partial charge in [-0.15, -0.1) is 0 Å². The summed E-state index contributed by atoms with van der Waals surface area (Å²) < 4.78 is 0. The number of hydrogen-bond donors (Lipinski definition) is 3. The van der Waals surface area contributed by atoms with Crippen LogP contribution in [0.4, 0.5) is 0 Å². The van der Waals surface area contributed by atoms with Crippen molar-refractivity contribution in [1.82, 2.24) is 19.9 Å². The van der Waals surface area contributed by atoms with E-state index in [0.29, 0.717) is 11.0 Å². The Hall–Kier alpha value is -2.37. The first-order valence-electron chi connectivity index (χ1n) is 4.30. The number of pyridine rings is 1. The van der Waals surface area contributed by atoms with Gasteiger partial charge in [-0.25, -0.2) is 14.8 Å². The van der Waals surface area contributed by atoms with E-state index >= 15 is 0 Å². The second-order valence-corrected chi connectivity index (χ2v) is 3.17. The first kappa shape index (κ1) is 7.98. The van der Waals surface area contributed by atoms with Gasteiger partial charge in [0, 0.05) is 5.39 Å². The van der Waals surface area contributed by atoms with Crippen molar-refractivity contribution in [2.24, 2.45) is 0 Å². The number of rotatable bonds is 1. The first-order valence-corrected chi connectivity index (χ1v) is 4.30. The Labute approximate surface area is 83.0 Å². The molecule has 3 rings (SSSR count). The number of carbonyl (C=O) groups is 1. The molecule has 0 unspecified atom stereocenters. The Morgan fingerprint density at radius 3 is 3.07 bits per heavy atom. The van der Waals surface area contributed by atoms with E-state index in [1.165, 1.54) is 6.07 Å². The molecule has 3 N–H and O–H groups in total. The number of imidazole rings is 1. The molecule has 0 aliphatic carbocycles. The van der Waals surface area contributed by atoms with Crippen LogP contribution in [-0.4, -0.2) is 31.0 Å². The van der Waals surface area contributed by atoms with Crippen LogP contribution in [0.1, 0.15) is 10.5 Å².